The highest BCUT2D eigenvalue weighted by Gasteiger charge is 2.16. The van der Waals surface area contributed by atoms with E-state index in [4.69, 9.17) is 10.5 Å². The summed E-state index contributed by atoms with van der Waals surface area (Å²) in [6, 6.07) is 6.42. The van der Waals surface area contributed by atoms with Crippen LogP contribution in [0.3, 0.4) is 0 Å². The van der Waals surface area contributed by atoms with E-state index < -0.39 is 0 Å². The Morgan fingerprint density at radius 2 is 2.12 bits per heavy atom. The Morgan fingerprint density at radius 3 is 2.81 bits per heavy atom. The quantitative estimate of drug-likeness (QED) is 0.826. The van der Waals surface area contributed by atoms with Crippen molar-refractivity contribution in [3.05, 3.63) is 46.7 Å². The van der Waals surface area contributed by atoms with Gasteiger partial charge >= 0.3 is 0 Å². The van der Waals surface area contributed by atoms with Crippen LogP contribution in [0, 0.1) is 13.8 Å². The van der Waals surface area contributed by atoms with Gasteiger partial charge in [0.15, 0.2) is 0 Å². The molecule has 0 amide bonds. The minimum atomic E-state index is -0.0137. The van der Waals surface area contributed by atoms with Crippen molar-refractivity contribution in [2.45, 2.75) is 32.7 Å². The summed E-state index contributed by atoms with van der Waals surface area (Å²) < 4.78 is 5.35. The van der Waals surface area contributed by atoms with E-state index in [1.54, 1.807) is 0 Å². The molecule has 1 atom stereocenters. The predicted octanol–water partition coefficient (Wildman–Crippen LogP) is 3.00. The molecule has 16 heavy (non-hydrogen) atoms. The smallest absolute Gasteiger partial charge is 0.0876 e. The molecule has 2 heteroatoms. The summed E-state index contributed by atoms with van der Waals surface area (Å²) >= 11 is 0. The average Bonchev–Trinajstić information content (AvgIpc) is 2.32. The first kappa shape index (κ1) is 11.2. The highest BCUT2D eigenvalue weighted by atomic mass is 16.5. The highest BCUT2D eigenvalue weighted by molar-refractivity contribution is 5.37. The molecule has 1 aromatic rings. The van der Waals surface area contributed by atoms with Gasteiger partial charge in [0.05, 0.1) is 18.9 Å². The maximum atomic E-state index is 6.29. The SMILES string of the molecule is Cc1ccc(C)c(C(N)C2=COCCC2)c1. The van der Waals surface area contributed by atoms with Crippen LogP contribution in [0.4, 0.5) is 0 Å². The summed E-state index contributed by atoms with van der Waals surface area (Å²) in [5, 5.41) is 0. The Labute approximate surface area is 97.1 Å². The zero-order valence-electron chi connectivity index (χ0n) is 9.99. The van der Waals surface area contributed by atoms with Gasteiger partial charge < -0.3 is 10.5 Å². The second kappa shape index (κ2) is 4.71. The average molecular weight is 217 g/mol. The Kier molecular flexibility index (Phi) is 3.30. The van der Waals surface area contributed by atoms with Crippen LogP contribution < -0.4 is 5.73 Å². The van der Waals surface area contributed by atoms with Crippen molar-refractivity contribution in [2.24, 2.45) is 5.73 Å². The van der Waals surface area contributed by atoms with E-state index in [-0.39, 0.29) is 6.04 Å². The molecule has 0 saturated heterocycles. The van der Waals surface area contributed by atoms with Gasteiger partial charge in [0.1, 0.15) is 0 Å². The zero-order chi connectivity index (χ0) is 11.5. The maximum Gasteiger partial charge on any atom is 0.0876 e. The van der Waals surface area contributed by atoms with Crippen LogP contribution in [-0.4, -0.2) is 6.61 Å². The molecule has 0 radical (unpaired) electrons. The Morgan fingerprint density at radius 1 is 1.31 bits per heavy atom. The number of hydrogen-bond donors (Lipinski definition) is 1. The van der Waals surface area contributed by atoms with Crippen molar-refractivity contribution in [1.29, 1.82) is 0 Å². The topological polar surface area (TPSA) is 35.2 Å². The zero-order valence-corrected chi connectivity index (χ0v) is 9.99. The summed E-state index contributed by atoms with van der Waals surface area (Å²) in [7, 11) is 0. The molecule has 1 aliphatic rings. The molecule has 0 spiro atoms. The van der Waals surface area contributed by atoms with Gasteiger partial charge in [0.2, 0.25) is 0 Å². The van der Waals surface area contributed by atoms with Gasteiger partial charge in [-0.05, 0) is 43.4 Å². The molecule has 1 heterocycles. The monoisotopic (exact) mass is 217 g/mol. The van der Waals surface area contributed by atoms with Gasteiger partial charge in [-0.2, -0.15) is 0 Å². The van der Waals surface area contributed by atoms with E-state index in [0.29, 0.717) is 0 Å². The first-order chi connectivity index (χ1) is 7.68. The second-order valence-electron chi connectivity index (χ2n) is 4.50. The fourth-order valence-electron chi connectivity index (χ4n) is 2.11. The van der Waals surface area contributed by atoms with E-state index in [9.17, 15) is 0 Å². The largest absolute Gasteiger partial charge is 0.501 e. The molecule has 0 aliphatic carbocycles. The van der Waals surface area contributed by atoms with Gasteiger partial charge in [0, 0.05) is 0 Å². The van der Waals surface area contributed by atoms with Crippen LogP contribution in [0.2, 0.25) is 0 Å². The number of aryl methyl sites for hydroxylation is 2. The lowest BCUT2D eigenvalue weighted by molar-refractivity contribution is 0.221. The molecule has 0 saturated carbocycles. The molecule has 1 aromatic carbocycles. The van der Waals surface area contributed by atoms with Crippen LogP contribution in [-0.2, 0) is 4.74 Å². The van der Waals surface area contributed by atoms with E-state index in [2.05, 4.69) is 32.0 Å². The number of nitrogens with two attached hydrogens (primary N) is 1. The van der Waals surface area contributed by atoms with Crippen molar-refractivity contribution < 1.29 is 4.74 Å². The van der Waals surface area contributed by atoms with E-state index >= 15 is 0 Å². The molecule has 2 N–H and O–H groups in total. The highest BCUT2D eigenvalue weighted by Crippen LogP contribution is 2.28. The fraction of sp³-hybridized carbons (Fsp3) is 0.429. The molecule has 1 aliphatic heterocycles. The molecule has 0 aromatic heterocycles. The van der Waals surface area contributed by atoms with Crippen molar-refractivity contribution >= 4 is 0 Å². The van der Waals surface area contributed by atoms with Crippen molar-refractivity contribution in [3.8, 4) is 0 Å². The predicted molar refractivity (Wildman–Crippen MR) is 66.1 cm³/mol. The van der Waals surface area contributed by atoms with Crippen LogP contribution in [0.25, 0.3) is 0 Å². The van der Waals surface area contributed by atoms with Gasteiger partial charge in [-0.15, -0.1) is 0 Å². The Hall–Kier alpha value is -1.28. The number of ether oxygens (including phenoxy) is 1. The van der Waals surface area contributed by atoms with Crippen LogP contribution >= 0.6 is 0 Å². The molecule has 86 valence electrons. The molecule has 0 fully saturated rings. The van der Waals surface area contributed by atoms with Crippen molar-refractivity contribution in [3.63, 3.8) is 0 Å². The Balaban J connectivity index is 2.29. The molecule has 0 bridgehead atoms. The molecule has 1 unspecified atom stereocenters. The lowest BCUT2D eigenvalue weighted by Gasteiger charge is -2.21. The minimum absolute atomic E-state index is 0.0137. The van der Waals surface area contributed by atoms with Gasteiger partial charge in [0.25, 0.3) is 0 Å². The maximum absolute atomic E-state index is 6.29. The van der Waals surface area contributed by atoms with Gasteiger partial charge in [-0.25, -0.2) is 0 Å². The lowest BCUT2D eigenvalue weighted by atomic mass is 9.92. The van der Waals surface area contributed by atoms with E-state index in [0.717, 1.165) is 19.4 Å². The standard InChI is InChI=1S/C14H19NO/c1-10-5-6-11(2)13(8-10)14(15)12-4-3-7-16-9-12/h5-6,8-9,14H,3-4,7,15H2,1-2H3. The Bertz CT molecular complexity index is 409. The van der Waals surface area contributed by atoms with Crippen LogP contribution in [0.15, 0.2) is 30.0 Å². The van der Waals surface area contributed by atoms with E-state index in [1.165, 1.54) is 22.3 Å². The summed E-state index contributed by atoms with van der Waals surface area (Å²) in [4.78, 5) is 0. The lowest BCUT2D eigenvalue weighted by Crippen LogP contribution is -2.17. The third-order valence-electron chi connectivity index (χ3n) is 3.13. The summed E-state index contributed by atoms with van der Waals surface area (Å²) in [6.45, 7) is 5.03. The number of benzene rings is 1. The van der Waals surface area contributed by atoms with Crippen molar-refractivity contribution in [1.82, 2.24) is 0 Å². The van der Waals surface area contributed by atoms with Gasteiger partial charge in [-0.1, -0.05) is 23.8 Å². The van der Waals surface area contributed by atoms with Crippen LogP contribution in [0.5, 0.6) is 0 Å². The molecular weight excluding hydrogens is 198 g/mol. The van der Waals surface area contributed by atoms with E-state index in [1.807, 2.05) is 6.26 Å². The molecular formula is C14H19NO. The first-order valence-electron chi connectivity index (χ1n) is 5.82. The van der Waals surface area contributed by atoms with Gasteiger partial charge in [-0.3, -0.25) is 0 Å². The summed E-state index contributed by atoms with van der Waals surface area (Å²) in [5.41, 5.74) is 11.2. The fourth-order valence-corrected chi connectivity index (χ4v) is 2.11. The summed E-state index contributed by atoms with van der Waals surface area (Å²) in [6.07, 6.45) is 3.97. The minimum Gasteiger partial charge on any atom is -0.501 e. The first-order valence-corrected chi connectivity index (χ1v) is 5.82. The molecule has 2 rings (SSSR count). The number of rotatable bonds is 2. The third-order valence-corrected chi connectivity index (χ3v) is 3.13. The van der Waals surface area contributed by atoms with Crippen LogP contribution in [0.1, 0.15) is 35.6 Å². The van der Waals surface area contributed by atoms with Crippen molar-refractivity contribution in [2.75, 3.05) is 6.61 Å². The normalized spacial score (nSPS) is 17.6. The molecule has 2 nitrogen and oxygen atoms in total. The second-order valence-corrected chi connectivity index (χ2v) is 4.50. The number of hydrogen-bond acceptors (Lipinski definition) is 2. The third kappa shape index (κ3) is 2.27. The summed E-state index contributed by atoms with van der Waals surface area (Å²) in [5.74, 6) is 0.